The minimum Gasteiger partial charge on any atom is -0.378 e. The highest BCUT2D eigenvalue weighted by molar-refractivity contribution is 6.01. The first-order valence-corrected chi connectivity index (χ1v) is 12.4. The van der Waals surface area contributed by atoms with Gasteiger partial charge in [0, 0.05) is 44.4 Å². The first kappa shape index (κ1) is 25.5. The Bertz CT molecular complexity index is 1110. The van der Waals surface area contributed by atoms with E-state index < -0.39 is 10.8 Å². The van der Waals surface area contributed by atoms with Gasteiger partial charge in [-0.05, 0) is 49.1 Å². The Morgan fingerprint density at radius 3 is 2.50 bits per heavy atom. The molecule has 9 heteroatoms. The zero-order valence-electron chi connectivity index (χ0n) is 20.4. The van der Waals surface area contributed by atoms with E-state index in [9.17, 15) is 19.7 Å². The zero-order chi connectivity index (χ0) is 25.3. The fraction of sp³-hybridized carbons (Fsp3) is 0.407. The third-order valence-electron chi connectivity index (χ3n) is 6.61. The lowest BCUT2D eigenvalue weighted by atomic mass is 9.99. The van der Waals surface area contributed by atoms with Gasteiger partial charge in [0.2, 0.25) is 0 Å². The van der Waals surface area contributed by atoms with Gasteiger partial charge in [-0.1, -0.05) is 36.4 Å². The Labute approximate surface area is 210 Å². The molecule has 0 spiro atoms. The summed E-state index contributed by atoms with van der Waals surface area (Å²) in [5.74, 6) is -0.794. The number of carbonyl (C=O) groups excluding carboxylic acids is 2. The molecule has 4 rings (SSSR count). The first-order chi connectivity index (χ1) is 17.5. The highest BCUT2D eigenvalue weighted by Gasteiger charge is 2.25. The molecule has 2 aliphatic heterocycles. The lowest BCUT2D eigenvalue weighted by Gasteiger charge is -2.26. The lowest BCUT2D eigenvalue weighted by molar-refractivity contribution is -0.385. The predicted octanol–water partition coefficient (Wildman–Crippen LogP) is 3.37. The maximum Gasteiger partial charge on any atom is 0.282 e. The van der Waals surface area contributed by atoms with E-state index in [0.717, 1.165) is 38.9 Å². The summed E-state index contributed by atoms with van der Waals surface area (Å²) in [4.78, 5) is 40.3. The molecule has 9 nitrogen and oxygen atoms in total. The molecule has 1 saturated heterocycles. The number of morpholine rings is 1. The number of benzene rings is 2. The van der Waals surface area contributed by atoms with E-state index >= 15 is 0 Å². The van der Waals surface area contributed by atoms with Crippen LogP contribution in [0.5, 0.6) is 0 Å². The summed E-state index contributed by atoms with van der Waals surface area (Å²) in [5, 5.41) is 14.4. The molecule has 2 aliphatic rings. The van der Waals surface area contributed by atoms with Crippen LogP contribution in [0.3, 0.4) is 0 Å². The lowest BCUT2D eigenvalue weighted by Crippen LogP contribution is -2.40. The van der Waals surface area contributed by atoms with Crippen molar-refractivity contribution in [3.05, 3.63) is 81.4 Å². The van der Waals surface area contributed by atoms with Gasteiger partial charge in [-0.2, -0.15) is 0 Å². The van der Waals surface area contributed by atoms with E-state index in [1.807, 2.05) is 6.07 Å². The summed E-state index contributed by atoms with van der Waals surface area (Å²) in [5.41, 5.74) is 2.48. The fourth-order valence-electron chi connectivity index (χ4n) is 4.54. The summed E-state index contributed by atoms with van der Waals surface area (Å²) in [6, 6.07) is 14.5. The molecule has 2 aromatic rings. The molecule has 0 radical (unpaired) electrons. The van der Waals surface area contributed by atoms with Gasteiger partial charge in [-0.3, -0.25) is 24.6 Å². The van der Waals surface area contributed by atoms with Gasteiger partial charge in [-0.15, -0.1) is 0 Å². The van der Waals surface area contributed by atoms with Gasteiger partial charge in [0.15, 0.2) is 0 Å². The highest BCUT2D eigenvalue weighted by Crippen LogP contribution is 2.23. The monoisotopic (exact) mass is 492 g/mol. The highest BCUT2D eigenvalue weighted by atomic mass is 16.6. The number of rotatable bonds is 9. The molecule has 0 saturated carbocycles. The van der Waals surface area contributed by atoms with Crippen molar-refractivity contribution in [1.82, 2.24) is 15.1 Å². The zero-order valence-corrected chi connectivity index (χ0v) is 20.4. The maximum atomic E-state index is 12.7. The van der Waals surface area contributed by atoms with E-state index in [2.05, 4.69) is 40.6 Å². The van der Waals surface area contributed by atoms with Crippen LogP contribution in [-0.4, -0.2) is 79.0 Å². The van der Waals surface area contributed by atoms with E-state index in [0.29, 0.717) is 32.8 Å². The summed E-state index contributed by atoms with van der Waals surface area (Å²) in [6.07, 6.45) is 5.00. The molecule has 0 aromatic heterocycles. The van der Waals surface area contributed by atoms with E-state index in [4.69, 9.17) is 4.74 Å². The van der Waals surface area contributed by atoms with Crippen molar-refractivity contribution in [1.29, 1.82) is 0 Å². The normalized spacial score (nSPS) is 16.3. The Morgan fingerprint density at radius 1 is 1.03 bits per heavy atom. The summed E-state index contributed by atoms with van der Waals surface area (Å²) in [7, 11) is 0. The Balaban J connectivity index is 1.23. The number of nitro groups is 1. The predicted molar refractivity (Wildman–Crippen MR) is 137 cm³/mol. The van der Waals surface area contributed by atoms with Crippen molar-refractivity contribution in [2.75, 3.05) is 52.5 Å². The molecule has 2 aromatic carbocycles. The number of carbonyl (C=O) groups is 2. The summed E-state index contributed by atoms with van der Waals surface area (Å²) < 4.78 is 5.25. The average molecular weight is 493 g/mol. The Morgan fingerprint density at radius 2 is 1.81 bits per heavy atom. The third kappa shape index (κ3) is 6.56. The SMILES string of the molecule is O=C(NCCCCN1CC=C(c2ccccc2)CC1)c1ccc(C(=O)N2CCOCC2)cc1[N+](=O)[O-]. The Hall–Kier alpha value is -3.56. The van der Waals surface area contributed by atoms with Gasteiger partial charge < -0.3 is 15.0 Å². The third-order valence-corrected chi connectivity index (χ3v) is 6.61. The van der Waals surface area contributed by atoms with Crippen LogP contribution in [0.25, 0.3) is 5.57 Å². The van der Waals surface area contributed by atoms with E-state index in [-0.39, 0.29) is 22.7 Å². The van der Waals surface area contributed by atoms with Crippen LogP contribution in [0, 0.1) is 10.1 Å². The Kier molecular flexibility index (Phi) is 8.80. The van der Waals surface area contributed by atoms with Crippen LogP contribution in [0.4, 0.5) is 5.69 Å². The molecular weight excluding hydrogens is 460 g/mol. The maximum absolute atomic E-state index is 12.7. The second-order valence-corrected chi connectivity index (χ2v) is 9.00. The van der Waals surface area contributed by atoms with E-state index in [1.54, 1.807) is 4.90 Å². The number of nitrogens with one attached hydrogen (secondary N) is 1. The number of unbranched alkanes of at least 4 members (excludes halogenated alkanes) is 1. The van der Waals surface area contributed by atoms with Crippen molar-refractivity contribution in [3.63, 3.8) is 0 Å². The summed E-state index contributed by atoms with van der Waals surface area (Å²) >= 11 is 0. The van der Waals surface area contributed by atoms with Gasteiger partial charge in [0.05, 0.1) is 18.1 Å². The van der Waals surface area contributed by atoms with Gasteiger partial charge >= 0.3 is 0 Å². The number of amides is 2. The van der Waals surface area contributed by atoms with Crippen molar-refractivity contribution in [3.8, 4) is 0 Å². The molecule has 36 heavy (non-hydrogen) atoms. The standard InChI is InChI=1S/C27H32N4O5/c32-26(24-9-8-23(20-25(24)31(34)35)27(33)30-16-18-36-19-17-30)28-12-4-5-13-29-14-10-22(11-15-29)21-6-2-1-3-7-21/h1-3,6-10,20H,4-5,11-19H2,(H,28,32). The van der Waals surface area contributed by atoms with E-state index in [1.165, 1.54) is 29.3 Å². The minimum atomic E-state index is -0.613. The van der Waals surface area contributed by atoms with Crippen molar-refractivity contribution in [2.24, 2.45) is 0 Å². The van der Waals surface area contributed by atoms with Crippen LogP contribution < -0.4 is 5.32 Å². The average Bonchev–Trinajstić information content (AvgIpc) is 2.93. The van der Waals surface area contributed by atoms with Crippen molar-refractivity contribution < 1.29 is 19.2 Å². The van der Waals surface area contributed by atoms with Crippen LogP contribution in [0.15, 0.2) is 54.6 Å². The molecule has 0 bridgehead atoms. The number of hydrogen-bond donors (Lipinski definition) is 1. The smallest absolute Gasteiger partial charge is 0.282 e. The molecule has 2 heterocycles. The van der Waals surface area contributed by atoms with Crippen molar-refractivity contribution in [2.45, 2.75) is 19.3 Å². The van der Waals surface area contributed by atoms with Crippen LogP contribution >= 0.6 is 0 Å². The summed E-state index contributed by atoms with van der Waals surface area (Å²) in [6.45, 7) is 5.06. The van der Waals surface area contributed by atoms with Gasteiger partial charge in [0.1, 0.15) is 5.56 Å². The molecule has 1 N–H and O–H groups in total. The number of nitrogens with zero attached hydrogens (tertiary/aromatic N) is 3. The van der Waals surface area contributed by atoms with Gasteiger partial charge in [-0.25, -0.2) is 0 Å². The van der Waals surface area contributed by atoms with Crippen LogP contribution in [-0.2, 0) is 4.74 Å². The molecule has 0 atom stereocenters. The van der Waals surface area contributed by atoms with Gasteiger partial charge in [0.25, 0.3) is 17.5 Å². The molecule has 0 unspecified atom stereocenters. The topological polar surface area (TPSA) is 105 Å². The van der Waals surface area contributed by atoms with Crippen LogP contribution in [0.1, 0.15) is 45.5 Å². The number of nitro benzene ring substituents is 1. The number of ether oxygens (including phenoxy) is 1. The van der Waals surface area contributed by atoms with Crippen LogP contribution in [0.2, 0.25) is 0 Å². The second kappa shape index (κ2) is 12.4. The molecule has 190 valence electrons. The fourth-order valence-corrected chi connectivity index (χ4v) is 4.54. The minimum absolute atomic E-state index is 0.0341. The molecule has 0 aliphatic carbocycles. The second-order valence-electron chi connectivity index (χ2n) is 9.00. The quantitative estimate of drug-likeness (QED) is 0.327. The first-order valence-electron chi connectivity index (χ1n) is 12.4. The molecule has 2 amide bonds. The molecular formula is C27H32N4O5. The molecule has 1 fully saturated rings. The van der Waals surface area contributed by atoms with Crippen molar-refractivity contribution >= 4 is 23.1 Å². The largest absolute Gasteiger partial charge is 0.378 e. The number of hydrogen-bond acceptors (Lipinski definition) is 6.